The summed E-state index contributed by atoms with van der Waals surface area (Å²) in [6.45, 7) is 3.86. The van der Waals surface area contributed by atoms with Crippen molar-refractivity contribution in [3.05, 3.63) is 60.8 Å². The van der Waals surface area contributed by atoms with Gasteiger partial charge in [0.05, 0.1) is 34.2 Å². The fourth-order valence-electron chi connectivity index (χ4n) is 3.88. The quantitative estimate of drug-likeness (QED) is 0.0260. The number of hydrogen-bond acceptors (Lipinski definition) is 8. The second-order valence-electron chi connectivity index (χ2n) is 12.2. The topological polar surface area (TPSA) is 111 Å². The summed E-state index contributed by atoms with van der Waals surface area (Å²) in [5.74, 6) is -1.07. The van der Waals surface area contributed by atoms with E-state index in [1.54, 1.807) is 6.08 Å². The Labute approximate surface area is 279 Å². The van der Waals surface area contributed by atoms with Gasteiger partial charge in [-0.15, -0.1) is 0 Å². The minimum Gasteiger partial charge on any atom is -0.756 e. The molecule has 0 aromatic heterocycles. The van der Waals surface area contributed by atoms with Gasteiger partial charge in [-0.1, -0.05) is 107 Å². The molecule has 0 aliphatic carbocycles. The van der Waals surface area contributed by atoms with E-state index in [-0.39, 0.29) is 26.1 Å². The van der Waals surface area contributed by atoms with Crippen LogP contribution in [0.2, 0.25) is 0 Å². The smallest absolute Gasteiger partial charge is 0.309 e. The maximum atomic E-state index is 12.5. The number of allylic oxidation sites excluding steroid dienone is 9. The Morgan fingerprint density at radius 1 is 0.717 bits per heavy atom. The minimum atomic E-state index is -4.64. The molecule has 0 fully saturated rings. The number of hydrogen-bond donors (Lipinski definition) is 0. The highest BCUT2D eigenvalue weighted by Crippen LogP contribution is 2.38. The molecule has 0 aromatic carbocycles. The predicted octanol–water partition coefficient (Wildman–Crippen LogP) is 7.93. The zero-order valence-electron chi connectivity index (χ0n) is 29.2. The molecule has 46 heavy (non-hydrogen) atoms. The van der Waals surface area contributed by atoms with Gasteiger partial charge in [-0.2, -0.15) is 0 Å². The fraction of sp³-hybridized carbons (Fsp3) is 0.667. The van der Waals surface area contributed by atoms with Crippen molar-refractivity contribution in [2.45, 2.75) is 110 Å². The van der Waals surface area contributed by atoms with Crippen LogP contribution in [-0.2, 0) is 32.7 Å². The van der Waals surface area contributed by atoms with Crippen LogP contribution >= 0.6 is 7.82 Å². The number of unbranched alkanes of at least 4 members (excludes halogenated alkanes) is 6. The number of nitrogens with zero attached hydrogens (tertiary/aromatic N) is 1. The first kappa shape index (κ1) is 43.7. The van der Waals surface area contributed by atoms with Crippen molar-refractivity contribution in [3.8, 4) is 0 Å². The molecule has 2 unspecified atom stereocenters. The molecule has 0 amide bonds. The molecule has 0 bridgehead atoms. The average molecular weight is 668 g/mol. The summed E-state index contributed by atoms with van der Waals surface area (Å²) >= 11 is 0. The third-order valence-electron chi connectivity index (χ3n) is 6.57. The standard InChI is InChI=1S/C36H62NO8P/c1-6-8-10-12-14-16-17-18-19-21-23-25-27-29-36(39)45-34(33-44-46(40,41)43-31-30-37(3,4)5)32-42-35(38)28-26-24-22-20-15-13-11-9-7-2/h9,11,15,18-20,23-26,34H,6-8,10,12-14,16-17,21-22,27-33H2,1-5H3/b11-9+,19-18+,20-15+,25-23+,26-24+. The van der Waals surface area contributed by atoms with E-state index >= 15 is 0 Å². The highest BCUT2D eigenvalue weighted by atomic mass is 31.2. The van der Waals surface area contributed by atoms with Gasteiger partial charge in [-0.05, 0) is 44.9 Å². The van der Waals surface area contributed by atoms with Crippen molar-refractivity contribution in [3.63, 3.8) is 0 Å². The number of ether oxygens (including phenoxy) is 2. The van der Waals surface area contributed by atoms with E-state index in [0.29, 0.717) is 23.9 Å². The summed E-state index contributed by atoms with van der Waals surface area (Å²) < 4.78 is 33.4. The zero-order chi connectivity index (χ0) is 34.4. The van der Waals surface area contributed by atoms with E-state index in [2.05, 4.69) is 44.2 Å². The number of esters is 2. The van der Waals surface area contributed by atoms with E-state index in [1.807, 2.05) is 45.4 Å². The molecule has 0 saturated carbocycles. The number of phosphoric acid groups is 1. The van der Waals surface area contributed by atoms with E-state index in [9.17, 15) is 19.0 Å². The summed E-state index contributed by atoms with van der Waals surface area (Å²) in [7, 11) is 1.08. The van der Waals surface area contributed by atoms with Crippen LogP contribution in [-0.4, -0.2) is 70.0 Å². The van der Waals surface area contributed by atoms with Gasteiger partial charge in [0.2, 0.25) is 0 Å². The first-order chi connectivity index (χ1) is 22.0. The summed E-state index contributed by atoms with van der Waals surface area (Å²) in [6.07, 6.45) is 31.8. The Morgan fingerprint density at radius 3 is 1.96 bits per heavy atom. The lowest BCUT2D eigenvalue weighted by Gasteiger charge is -2.28. The van der Waals surface area contributed by atoms with E-state index in [4.69, 9.17) is 18.5 Å². The molecule has 0 aliphatic heterocycles. The average Bonchev–Trinajstić information content (AvgIpc) is 2.99. The number of likely N-dealkylation sites (N-methyl/N-ethyl adjacent to an activating group) is 1. The Hall–Kier alpha value is -2.29. The number of carbonyl (C=O) groups is 2. The van der Waals surface area contributed by atoms with Crippen LogP contribution in [0.1, 0.15) is 104 Å². The monoisotopic (exact) mass is 667 g/mol. The molecule has 2 atom stereocenters. The van der Waals surface area contributed by atoms with Crippen molar-refractivity contribution in [1.29, 1.82) is 0 Å². The van der Waals surface area contributed by atoms with Crippen LogP contribution in [0.25, 0.3) is 0 Å². The predicted molar refractivity (Wildman–Crippen MR) is 185 cm³/mol. The van der Waals surface area contributed by atoms with Gasteiger partial charge < -0.3 is 27.9 Å². The van der Waals surface area contributed by atoms with Gasteiger partial charge in [0.1, 0.15) is 19.8 Å². The number of quaternary nitrogens is 1. The highest BCUT2D eigenvalue weighted by molar-refractivity contribution is 7.45. The van der Waals surface area contributed by atoms with Gasteiger partial charge >= 0.3 is 11.9 Å². The number of phosphoric ester groups is 1. The molecule has 264 valence electrons. The van der Waals surface area contributed by atoms with Crippen molar-refractivity contribution in [2.24, 2.45) is 0 Å². The highest BCUT2D eigenvalue weighted by Gasteiger charge is 2.21. The van der Waals surface area contributed by atoms with Crippen LogP contribution in [0.5, 0.6) is 0 Å². The molecule has 0 aromatic rings. The Balaban J connectivity index is 4.70. The Bertz CT molecular complexity index is 981. The lowest BCUT2D eigenvalue weighted by molar-refractivity contribution is -0.870. The van der Waals surface area contributed by atoms with E-state index < -0.39 is 32.5 Å². The summed E-state index contributed by atoms with van der Waals surface area (Å²) in [5, 5.41) is 0. The van der Waals surface area contributed by atoms with Crippen molar-refractivity contribution in [1.82, 2.24) is 0 Å². The molecule has 0 N–H and O–H groups in total. The second kappa shape index (κ2) is 28.9. The summed E-state index contributed by atoms with van der Waals surface area (Å²) in [5.41, 5.74) is 0. The SMILES string of the molecule is CC/C=C/C/C=C/C/C=C/CC(=O)OCC(COP(=O)([O-])OCC[N+](C)(C)C)OC(=O)CC/C=C/C/C=C/CCCCCCCC. The molecule has 0 radical (unpaired) electrons. The molecule has 0 heterocycles. The second-order valence-corrected chi connectivity index (χ2v) is 13.6. The normalized spacial score (nSPS) is 14.7. The molecule has 0 aliphatic rings. The largest absolute Gasteiger partial charge is 0.756 e. The summed E-state index contributed by atoms with van der Waals surface area (Å²) in [6, 6.07) is 0. The van der Waals surface area contributed by atoms with Gasteiger partial charge in [0, 0.05) is 6.42 Å². The maximum Gasteiger partial charge on any atom is 0.309 e. The van der Waals surface area contributed by atoms with Gasteiger partial charge in [-0.3, -0.25) is 14.2 Å². The van der Waals surface area contributed by atoms with Crippen LogP contribution in [0.3, 0.4) is 0 Å². The van der Waals surface area contributed by atoms with Gasteiger partial charge in [0.15, 0.2) is 6.10 Å². The summed E-state index contributed by atoms with van der Waals surface area (Å²) in [4.78, 5) is 37.0. The first-order valence-electron chi connectivity index (χ1n) is 17.0. The lowest BCUT2D eigenvalue weighted by atomic mass is 10.1. The van der Waals surface area contributed by atoms with Crippen molar-refractivity contribution < 1.29 is 42.1 Å². The Kier molecular flexibility index (Phi) is 27.5. The fourth-order valence-corrected chi connectivity index (χ4v) is 4.61. The van der Waals surface area contributed by atoms with Gasteiger partial charge in [-0.25, -0.2) is 0 Å². The first-order valence-corrected chi connectivity index (χ1v) is 18.5. The van der Waals surface area contributed by atoms with Gasteiger partial charge in [0.25, 0.3) is 7.82 Å². The lowest BCUT2D eigenvalue weighted by Crippen LogP contribution is -2.37. The Morgan fingerprint density at radius 2 is 1.30 bits per heavy atom. The number of carbonyl (C=O) groups excluding carboxylic acids is 2. The molecule has 9 nitrogen and oxygen atoms in total. The zero-order valence-corrected chi connectivity index (χ0v) is 30.1. The number of rotatable bonds is 29. The van der Waals surface area contributed by atoms with Crippen molar-refractivity contribution in [2.75, 3.05) is 47.5 Å². The van der Waals surface area contributed by atoms with Crippen LogP contribution in [0.15, 0.2) is 60.8 Å². The molecule has 0 spiro atoms. The third kappa shape index (κ3) is 31.7. The van der Waals surface area contributed by atoms with Crippen molar-refractivity contribution >= 4 is 19.8 Å². The molecular weight excluding hydrogens is 605 g/mol. The maximum absolute atomic E-state index is 12.5. The van der Waals surface area contributed by atoms with Crippen LogP contribution in [0, 0.1) is 0 Å². The van der Waals surface area contributed by atoms with E-state index in [1.165, 1.54) is 38.5 Å². The van der Waals surface area contributed by atoms with Crippen LogP contribution in [0.4, 0.5) is 0 Å². The third-order valence-corrected chi connectivity index (χ3v) is 7.53. The van der Waals surface area contributed by atoms with Crippen LogP contribution < -0.4 is 4.89 Å². The molecule has 0 saturated heterocycles. The van der Waals surface area contributed by atoms with E-state index in [0.717, 1.165) is 25.7 Å². The molecular formula is C36H62NO8P. The minimum absolute atomic E-state index is 0.0392. The molecule has 0 rings (SSSR count). The molecule has 10 heteroatoms.